The molecule has 0 saturated carbocycles. The molecule has 0 saturated heterocycles. The lowest BCUT2D eigenvalue weighted by molar-refractivity contribution is 0.0992. The molecule has 2 aromatic carbocycles. The summed E-state index contributed by atoms with van der Waals surface area (Å²) in [6, 6.07) is 11.3. The van der Waals surface area contributed by atoms with Crippen molar-refractivity contribution in [3.05, 3.63) is 86.3 Å². The molecule has 0 atom stereocenters. The lowest BCUT2D eigenvalue weighted by atomic mass is 9.97. The minimum absolute atomic E-state index is 0.00406. The van der Waals surface area contributed by atoms with Crippen molar-refractivity contribution in [2.24, 2.45) is 5.92 Å². The Hall–Kier alpha value is -3.18. The lowest BCUT2D eigenvalue weighted by Gasteiger charge is -2.12. The molecule has 192 valence electrons. The summed E-state index contributed by atoms with van der Waals surface area (Å²) in [6.07, 6.45) is 3.83. The van der Waals surface area contributed by atoms with Gasteiger partial charge in [-0.05, 0) is 94.9 Å². The molecule has 1 aromatic heterocycles. The first-order valence-electron chi connectivity index (χ1n) is 12.8. The molecule has 0 amide bonds. The van der Waals surface area contributed by atoms with Crippen LogP contribution in [0.2, 0.25) is 0 Å². The number of hydrogen-bond donors (Lipinski definition) is 1. The van der Waals surface area contributed by atoms with E-state index in [1.54, 1.807) is 6.07 Å². The molecular formula is C31H39NO4. The zero-order chi connectivity index (χ0) is 26.2. The summed E-state index contributed by atoms with van der Waals surface area (Å²) in [5, 5.41) is 4.19. The molecule has 0 aliphatic rings. The van der Waals surface area contributed by atoms with Crippen LogP contribution in [0, 0.1) is 19.8 Å². The van der Waals surface area contributed by atoms with E-state index in [0.29, 0.717) is 35.0 Å². The number of nitrogens with one attached hydrogen (secondary N) is 1. The molecule has 0 aliphatic carbocycles. The van der Waals surface area contributed by atoms with Gasteiger partial charge >= 0.3 is 5.63 Å². The molecular weight excluding hydrogens is 450 g/mol. The first kappa shape index (κ1) is 27.4. The van der Waals surface area contributed by atoms with Gasteiger partial charge in [0.15, 0.2) is 5.78 Å². The van der Waals surface area contributed by atoms with Crippen LogP contribution in [0.5, 0.6) is 5.75 Å². The summed E-state index contributed by atoms with van der Waals surface area (Å²) in [7, 11) is 0. The van der Waals surface area contributed by atoms with E-state index in [2.05, 4.69) is 39.1 Å². The van der Waals surface area contributed by atoms with Gasteiger partial charge in [0, 0.05) is 28.5 Å². The molecule has 3 aromatic rings. The molecule has 0 bridgehead atoms. The zero-order valence-corrected chi connectivity index (χ0v) is 22.5. The summed E-state index contributed by atoms with van der Waals surface area (Å²) in [6.45, 7) is 14.9. The number of carbonyl (C=O) groups excluding carboxylic acids is 1. The van der Waals surface area contributed by atoms with Gasteiger partial charge in [-0.2, -0.15) is 0 Å². The van der Waals surface area contributed by atoms with Crippen LogP contribution < -0.4 is 15.7 Å². The number of Topliss-reactive ketones (excluding diaryl/α,β-unsaturated/α-hetero) is 1. The number of hydrogen-bond acceptors (Lipinski definition) is 5. The molecule has 1 heterocycles. The number of ether oxygens (including phenoxy) is 1. The summed E-state index contributed by atoms with van der Waals surface area (Å²) < 4.78 is 11.6. The van der Waals surface area contributed by atoms with Gasteiger partial charge in [-0.25, -0.2) is 4.79 Å². The Morgan fingerprint density at radius 2 is 1.86 bits per heavy atom. The quantitative estimate of drug-likeness (QED) is 0.139. The number of carbonyl (C=O) groups is 1. The normalized spacial score (nSPS) is 11.2. The Morgan fingerprint density at radius 3 is 2.58 bits per heavy atom. The first-order chi connectivity index (χ1) is 17.2. The van der Waals surface area contributed by atoms with Crippen LogP contribution in [0.4, 0.5) is 0 Å². The van der Waals surface area contributed by atoms with Crippen LogP contribution in [0.15, 0.2) is 57.3 Å². The van der Waals surface area contributed by atoms with Gasteiger partial charge in [-0.1, -0.05) is 37.6 Å². The molecule has 0 unspecified atom stereocenters. The molecule has 0 spiro atoms. The molecule has 0 radical (unpaired) electrons. The van der Waals surface area contributed by atoms with E-state index >= 15 is 0 Å². The van der Waals surface area contributed by atoms with E-state index in [1.165, 1.54) is 5.57 Å². The first-order valence-corrected chi connectivity index (χ1v) is 12.8. The second-order valence-corrected chi connectivity index (χ2v) is 10.2. The Labute approximate surface area is 214 Å². The summed E-state index contributed by atoms with van der Waals surface area (Å²) in [4.78, 5) is 25.8. The van der Waals surface area contributed by atoms with E-state index in [9.17, 15) is 9.59 Å². The zero-order valence-electron chi connectivity index (χ0n) is 22.5. The summed E-state index contributed by atoms with van der Waals surface area (Å²) in [5.74, 6) is 1.24. The van der Waals surface area contributed by atoms with Gasteiger partial charge in [0.2, 0.25) is 0 Å². The van der Waals surface area contributed by atoms with Crippen LogP contribution in [0.1, 0.15) is 66.7 Å². The molecule has 5 nitrogen and oxygen atoms in total. The molecule has 1 N–H and O–H groups in total. The van der Waals surface area contributed by atoms with Gasteiger partial charge in [0.05, 0.1) is 6.61 Å². The number of fused-ring (bicyclic) bond motifs is 1. The molecule has 0 aliphatic heterocycles. The third-order valence-electron chi connectivity index (χ3n) is 6.23. The third kappa shape index (κ3) is 7.41. The number of rotatable bonds is 12. The highest BCUT2D eigenvalue weighted by molar-refractivity contribution is 5.98. The van der Waals surface area contributed by atoms with Gasteiger partial charge in [0.1, 0.15) is 11.3 Å². The van der Waals surface area contributed by atoms with E-state index in [-0.39, 0.29) is 12.2 Å². The van der Waals surface area contributed by atoms with E-state index in [0.717, 1.165) is 48.0 Å². The largest absolute Gasteiger partial charge is 0.493 e. The average Bonchev–Trinajstić information content (AvgIpc) is 2.82. The SMILES string of the molecule is CC(C)=CCc1cc(C(=O)Cc2cc3ccc(OCCCNCC(C)C)c(C)c3oc2=O)ccc1C. The lowest BCUT2D eigenvalue weighted by Crippen LogP contribution is -2.22. The van der Waals surface area contributed by atoms with Crippen molar-refractivity contribution in [2.45, 2.75) is 60.8 Å². The minimum atomic E-state index is -0.481. The Bertz CT molecular complexity index is 1300. The third-order valence-corrected chi connectivity index (χ3v) is 6.23. The van der Waals surface area contributed by atoms with Crippen molar-refractivity contribution in [3.63, 3.8) is 0 Å². The molecule has 36 heavy (non-hydrogen) atoms. The van der Waals surface area contributed by atoms with Crippen molar-refractivity contribution >= 4 is 16.8 Å². The number of benzene rings is 2. The van der Waals surface area contributed by atoms with Gasteiger partial charge < -0.3 is 14.5 Å². The van der Waals surface area contributed by atoms with Crippen molar-refractivity contribution < 1.29 is 13.9 Å². The Balaban J connectivity index is 1.72. The van der Waals surface area contributed by atoms with Crippen LogP contribution >= 0.6 is 0 Å². The fourth-order valence-corrected chi connectivity index (χ4v) is 4.05. The smallest absolute Gasteiger partial charge is 0.339 e. The average molecular weight is 490 g/mol. The standard InChI is InChI=1S/C31H39NO4/c1-20(2)8-10-24-16-25(11-9-22(24)5)28(33)18-27-17-26-12-13-29(23(6)30(26)36-31(27)34)35-15-7-14-32-19-21(3)4/h8-9,11-13,16-17,21,32H,7,10,14-15,18-19H2,1-6H3. The predicted octanol–water partition coefficient (Wildman–Crippen LogP) is 6.36. The maximum Gasteiger partial charge on any atom is 0.339 e. The van der Waals surface area contributed by atoms with Crippen LogP contribution in [-0.2, 0) is 12.8 Å². The second kappa shape index (κ2) is 12.7. The number of aryl methyl sites for hydroxylation is 2. The molecule has 5 heteroatoms. The number of allylic oxidation sites excluding steroid dienone is 2. The van der Waals surface area contributed by atoms with Gasteiger partial charge in [-0.15, -0.1) is 0 Å². The maximum absolute atomic E-state index is 13.0. The van der Waals surface area contributed by atoms with E-state index in [4.69, 9.17) is 9.15 Å². The predicted molar refractivity (Wildman–Crippen MR) is 147 cm³/mol. The fraction of sp³-hybridized carbons (Fsp3) is 0.419. The monoisotopic (exact) mass is 489 g/mol. The van der Waals surface area contributed by atoms with Crippen molar-refractivity contribution in [3.8, 4) is 5.75 Å². The minimum Gasteiger partial charge on any atom is -0.493 e. The van der Waals surface area contributed by atoms with E-state index < -0.39 is 5.63 Å². The molecule has 0 fully saturated rings. The summed E-state index contributed by atoms with van der Waals surface area (Å²) in [5.41, 5.74) is 5.30. The topological polar surface area (TPSA) is 68.5 Å². The Morgan fingerprint density at radius 1 is 1.08 bits per heavy atom. The van der Waals surface area contributed by atoms with E-state index in [1.807, 2.05) is 44.2 Å². The van der Waals surface area contributed by atoms with Gasteiger partial charge in [0.25, 0.3) is 0 Å². The Kier molecular flexibility index (Phi) is 9.65. The van der Waals surface area contributed by atoms with Crippen LogP contribution in [-0.4, -0.2) is 25.5 Å². The highest BCUT2D eigenvalue weighted by Crippen LogP contribution is 2.27. The fourth-order valence-electron chi connectivity index (χ4n) is 4.05. The van der Waals surface area contributed by atoms with Crippen molar-refractivity contribution in [2.75, 3.05) is 19.7 Å². The molecule has 3 rings (SSSR count). The number of ketones is 1. The summed E-state index contributed by atoms with van der Waals surface area (Å²) >= 11 is 0. The highest BCUT2D eigenvalue weighted by Gasteiger charge is 2.15. The van der Waals surface area contributed by atoms with Gasteiger partial charge in [-0.3, -0.25) is 4.79 Å². The van der Waals surface area contributed by atoms with Crippen molar-refractivity contribution in [1.29, 1.82) is 0 Å². The highest BCUT2D eigenvalue weighted by atomic mass is 16.5. The van der Waals surface area contributed by atoms with Crippen LogP contribution in [0.25, 0.3) is 11.0 Å². The van der Waals surface area contributed by atoms with Crippen LogP contribution in [0.3, 0.4) is 0 Å². The second-order valence-electron chi connectivity index (χ2n) is 10.2. The maximum atomic E-state index is 13.0. The van der Waals surface area contributed by atoms with Crippen molar-refractivity contribution in [1.82, 2.24) is 5.32 Å².